The summed E-state index contributed by atoms with van der Waals surface area (Å²) in [5.74, 6) is -0.127. The van der Waals surface area contributed by atoms with Crippen molar-refractivity contribution in [2.45, 2.75) is 25.5 Å². The summed E-state index contributed by atoms with van der Waals surface area (Å²) in [7, 11) is 3.47. The third-order valence-electron chi connectivity index (χ3n) is 5.07. The predicted molar refractivity (Wildman–Crippen MR) is 98.2 cm³/mol. The van der Waals surface area contributed by atoms with Crippen LogP contribution < -0.4 is 0 Å². The van der Waals surface area contributed by atoms with Crippen LogP contribution in [-0.4, -0.2) is 53.0 Å². The van der Waals surface area contributed by atoms with E-state index in [9.17, 15) is 14.3 Å². The number of aromatic amines is 1. The molecule has 5 nitrogen and oxygen atoms in total. The van der Waals surface area contributed by atoms with Gasteiger partial charge in [0.1, 0.15) is 11.5 Å². The van der Waals surface area contributed by atoms with Crippen LogP contribution in [0.5, 0.6) is 0 Å². The molecular formula is C20H26FN3O2. The van der Waals surface area contributed by atoms with Crippen molar-refractivity contribution in [1.82, 2.24) is 14.8 Å². The van der Waals surface area contributed by atoms with Crippen molar-refractivity contribution in [3.63, 3.8) is 0 Å². The molecule has 1 atom stereocenters. The van der Waals surface area contributed by atoms with Crippen molar-refractivity contribution in [2.75, 3.05) is 27.2 Å². The van der Waals surface area contributed by atoms with Crippen molar-refractivity contribution in [1.29, 1.82) is 0 Å². The molecule has 1 amide bonds. The van der Waals surface area contributed by atoms with Crippen LogP contribution in [0.15, 0.2) is 36.4 Å². The molecule has 0 saturated carbocycles. The lowest BCUT2D eigenvalue weighted by Crippen LogP contribution is -2.35. The van der Waals surface area contributed by atoms with Gasteiger partial charge in [0.15, 0.2) is 0 Å². The number of carbonyl (C=O) groups is 1. The van der Waals surface area contributed by atoms with Gasteiger partial charge >= 0.3 is 0 Å². The number of nitrogens with zero attached hydrogens (tertiary/aromatic N) is 2. The van der Waals surface area contributed by atoms with E-state index in [1.165, 1.54) is 12.1 Å². The second-order valence-electron chi connectivity index (χ2n) is 7.21. The van der Waals surface area contributed by atoms with Crippen molar-refractivity contribution in [3.8, 4) is 0 Å². The van der Waals surface area contributed by atoms with E-state index in [1.54, 1.807) is 31.1 Å². The number of aliphatic hydroxyl groups excluding tert-OH is 1. The molecule has 0 spiro atoms. The summed E-state index contributed by atoms with van der Waals surface area (Å²) in [5, 5.41) is 10.5. The molecule has 3 rings (SSSR count). The van der Waals surface area contributed by atoms with Gasteiger partial charge in [-0.15, -0.1) is 0 Å². The first-order valence-electron chi connectivity index (χ1n) is 8.99. The molecule has 1 fully saturated rings. The van der Waals surface area contributed by atoms with Gasteiger partial charge in [0.05, 0.1) is 6.10 Å². The number of likely N-dealkylation sites (tertiary alicyclic amines) is 1. The Balaban J connectivity index is 1.52. The third kappa shape index (κ3) is 4.31. The molecule has 2 aromatic rings. The molecular weight excluding hydrogens is 333 g/mol. The van der Waals surface area contributed by atoms with E-state index in [0.717, 1.165) is 43.7 Å². The van der Waals surface area contributed by atoms with Gasteiger partial charge in [0.2, 0.25) is 0 Å². The average Bonchev–Trinajstić information content (AvgIpc) is 3.10. The minimum Gasteiger partial charge on any atom is -0.388 e. The highest BCUT2D eigenvalue weighted by molar-refractivity contribution is 5.92. The van der Waals surface area contributed by atoms with Gasteiger partial charge in [0, 0.05) is 26.3 Å². The highest BCUT2D eigenvalue weighted by Gasteiger charge is 2.26. The number of aromatic nitrogens is 1. The minimum atomic E-state index is -0.549. The Hall–Kier alpha value is -2.18. The second-order valence-corrected chi connectivity index (χ2v) is 7.21. The van der Waals surface area contributed by atoms with E-state index in [-0.39, 0.29) is 17.6 Å². The van der Waals surface area contributed by atoms with E-state index in [0.29, 0.717) is 5.69 Å². The number of halogens is 1. The molecule has 0 aliphatic carbocycles. The lowest BCUT2D eigenvalue weighted by molar-refractivity contribution is 0.0564. The Bertz CT molecular complexity index is 734. The van der Waals surface area contributed by atoms with Crippen molar-refractivity contribution < 1.29 is 14.3 Å². The molecule has 6 heteroatoms. The molecule has 140 valence electrons. The maximum Gasteiger partial charge on any atom is 0.269 e. The quantitative estimate of drug-likeness (QED) is 0.863. The Morgan fingerprint density at radius 2 is 1.88 bits per heavy atom. The van der Waals surface area contributed by atoms with Gasteiger partial charge in [0.25, 0.3) is 5.91 Å². The number of carbonyl (C=O) groups excluding carboxylic acids is 1. The van der Waals surface area contributed by atoms with Crippen molar-refractivity contribution in [3.05, 3.63) is 59.2 Å². The van der Waals surface area contributed by atoms with Crippen molar-refractivity contribution >= 4 is 5.91 Å². The molecule has 1 aliphatic heterocycles. The molecule has 1 saturated heterocycles. The zero-order valence-corrected chi connectivity index (χ0v) is 15.3. The summed E-state index contributed by atoms with van der Waals surface area (Å²) in [6, 6.07) is 9.89. The maximum atomic E-state index is 13.0. The molecule has 1 aromatic carbocycles. The molecule has 2 N–H and O–H groups in total. The van der Waals surface area contributed by atoms with Gasteiger partial charge < -0.3 is 15.0 Å². The molecule has 1 aromatic heterocycles. The first-order valence-corrected chi connectivity index (χ1v) is 8.99. The number of amides is 1. The molecule has 26 heavy (non-hydrogen) atoms. The van der Waals surface area contributed by atoms with E-state index in [4.69, 9.17) is 0 Å². The fraction of sp³-hybridized carbons (Fsp3) is 0.450. The average molecular weight is 359 g/mol. The van der Waals surface area contributed by atoms with Gasteiger partial charge in [-0.2, -0.15) is 0 Å². The molecule has 1 aliphatic rings. The number of H-pyrrole nitrogens is 1. The molecule has 0 radical (unpaired) electrons. The van der Waals surface area contributed by atoms with Crippen LogP contribution in [0.25, 0.3) is 0 Å². The second kappa shape index (κ2) is 8.01. The summed E-state index contributed by atoms with van der Waals surface area (Å²) in [5.41, 5.74) is 2.40. The van der Waals surface area contributed by atoms with Crippen LogP contribution >= 0.6 is 0 Å². The smallest absolute Gasteiger partial charge is 0.269 e. The monoisotopic (exact) mass is 359 g/mol. The minimum absolute atomic E-state index is 0.0302. The lowest BCUT2D eigenvalue weighted by atomic mass is 9.87. The molecule has 0 bridgehead atoms. The largest absolute Gasteiger partial charge is 0.388 e. The van der Waals surface area contributed by atoms with Gasteiger partial charge in [-0.05, 0) is 61.7 Å². The summed E-state index contributed by atoms with van der Waals surface area (Å²) < 4.78 is 13.0. The number of piperidine rings is 1. The number of rotatable bonds is 5. The zero-order chi connectivity index (χ0) is 18.7. The summed E-state index contributed by atoms with van der Waals surface area (Å²) in [6.45, 7) is 2.54. The lowest BCUT2D eigenvalue weighted by Gasteiger charge is -2.34. The molecule has 2 heterocycles. The van der Waals surface area contributed by atoms with Gasteiger partial charge in [-0.1, -0.05) is 12.1 Å². The van der Waals surface area contributed by atoms with E-state index in [2.05, 4.69) is 9.88 Å². The summed E-state index contributed by atoms with van der Waals surface area (Å²) in [4.78, 5) is 19.0. The van der Waals surface area contributed by atoms with Gasteiger partial charge in [-0.3, -0.25) is 9.69 Å². The first-order chi connectivity index (χ1) is 12.4. The van der Waals surface area contributed by atoms with Crippen LogP contribution in [0.2, 0.25) is 0 Å². The van der Waals surface area contributed by atoms with Gasteiger partial charge in [-0.25, -0.2) is 4.39 Å². The fourth-order valence-corrected chi connectivity index (χ4v) is 3.50. The number of hydrogen-bond donors (Lipinski definition) is 2. The Kier molecular flexibility index (Phi) is 5.74. The number of hydrogen-bond acceptors (Lipinski definition) is 3. The topological polar surface area (TPSA) is 59.6 Å². The number of benzene rings is 1. The SMILES string of the molecule is CN(C)C(=O)c1ccc(CN2CCC(C(O)c3ccc(F)cc3)CC2)[nH]1. The Morgan fingerprint density at radius 1 is 1.23 bits per heavy atom. The van der Waals surface area contributed by atoms with Crippen LogP contribution in [0.4, 0.5) is 4.39 Å². The highest BCUT2D eigenvalue weighted by Crippen LogP contribution is 2.31. The highest BCUT2D eigenvalue weighted by atomic mass is 19.1. The van der Waals surface area contributed by atoms with E-state index < -0.39 is 6.10 Å². The number of nitrogens with one attached hydrogen (secondary N) is 1. The maximum absolute atomic E-state index is 13.0. The van der Waals surface area contributed by atoms with Crippen LogP contribution in [0, 0.1) is 11.7 Å². The Morgan fingerprint density at radius 3 is 2.50 bits per heavy atom. The fourth-order valence-electron chi connectivity index (χ4n) is 3.50. The standard InChI is InChI=1S/C20H26FN3O2/c1-23(2)20(26)18-8-7-17(22-18)13-24-11-9-15(10-12-24)19(25)14-3-5-16(21)6-4-14/h3-8,15,19,22,25H,9-13H2,1-2H3. The van der Waals surface area contributed by atoms with Crippen LogP contribution in [0.3, 0.4) is 0 Å². The van der Waals surface area contributed by atoms with Crippen LogP contribution in [0.1, 0.15) is 40.7 Å². The normalized spacial score (nSPS) is 17.2. The van der Waals surface area contributed by atoms with Crippen molar-refractivity contribution in [2.24, 2.45) is 5.92 Å². The molecule has 1 unspecified atom stereocenters. The van der Waals surface area contributed by atoms with E-state index in [1.807, 2.05) is 12.1 Å². The number of aliphatic hydroxyl groups is 1. The van der Waals surface area contributed by atoms with Crippen LogP contribution in [-0.2, 0) is 6.54 Å². The summed E-state index contributed by atoms with van der Waals surface area (Å²) >= 11 is 0. The zero-order valence-electron chi connectivity index (χ0n) is 15.3. The predicted octanol–water partition coefficient (Wildman–Crippen LogP) is 2.80. The van der Waals surface area contributed by atoms with E-state index >= 15 is 0 Å². The third-order valence-corrected chi connectivity index (χ3v) is 5.07. The summed E-state index contributed by atoms with van der Waals surface area (Å²) in [6.07, 6.45) is 1.23. The first kappa shape index (κ1) is 18.6. The Labute approximate surface area is 153 Å².